The molecule has 1 rings (SSSR count). The Morgan fingerprint density at radius 1 is 1.19 bits per heavy atom. The molecule has 0 amide bonds. The van der Waals surface area contributed by atoms with Crippen LogP contribution in [0.3, 0.4) is 0 Å². The summed E-state index contributed by atoms with van der Waals surface area (Å²) in [5, 5.41) is 8.99. The summed E-state index contributed by atoms with van der Waals surface area (Å²) >= 11 is 6.33. The van der Waals surface area contributed by atoms with E-state index in [0.717, 1.165) is 0 Å². The van der Waals surface area contributed by atoms with Gasteiger partial charge in [0, 0.05) is 8.95 Å². The molecule has 0 saturated carbocycles. The molecule has 1 aromatic rings. The van der Waals surface area contributed by atoms with Crippen LogP contribution in [0.2, 0.25) is 0 Å². The van der Waals surface area contributed by atoms with Crippen molar-refractivity contribution in [3.8, 4) is 0 Å². The van der Waals surface area contributed by atoms with Crippen molar-refractivity contribution in [2.24, 2.45) is 5.73 Å². The fourth-order valence-corrected chi connectivity index (χ4v) is 1.75. The second-order valence-corrected chi connectivity index (χ2v) is 4.89. The maximum atomic E-state index is 12.2. The Bertz CT molecular complexity index is 384. The molecule has 0 unspecified atom stereocenters. The van der Waals surface area contributed by atoms with E-state index in [2.05, 4.69) is 31.9 Å². The highest BCUT2D eigenvalue weighted by molar-refractivity contribution is 9.13. The number of halogens is 5. The van der Waals surface area contributed by atoms with E-state index in [4.69, 9.17) is 10.8 Å². The van der Waals surface area contributed by atoms with Crippen LogP contribution in [-0.4, -0.2) is 17.4 Å². The maximum absolute atomic E-state index is 12.2. The summed E-state index contributed by atoms with van der Waals surface area (Å²) in [7, 11) is 0. The molecule has 0 saturated heterocycles. The predicted octanol–water partition coefficient (Wildman–Crippen LogP) is 3.13. The van der Waals surface area contributed by atoms with E-state index in [9.17, 15) is 13.2 Å². The number of nitrogens with two attached hydrogens (primary N) is 1. The van der Waals surface area contributed by atoms with Crippen molar-refractivity contribution in [3.63, 3.8) is 0 Å². The third kappa shape index (κ3) is 3.19. The molecule has 0 fully saturated rings. The van der Waals surface area contributed by atoms with E-state index in [1.54, 1.807) is 6.07 Å². The Kier molecular flexibility index (Phi) is 4.39. The van der Waals surface area contributed by atoms with Crippen molar-refractivity contribution >= 4 is 31.9 Å². The molecule has 0 bridgehead atoms. The highest BCUT2D eigenvalue weighted by Crippen LogP contribution is 2.31. The second-order valence-electron chi connectivity index (χ2n) is 3.19. The standard InChI is InChI=1S/C9H8Br2F3NO/c10-5-2-1-4(3-6(5)11)7(15)8(16)9(12,13)14/h1-3,7-8,16H,15H2/t7-,8-/m0/s1. The summed E-state index contributed by atoms with van der Waals surface area (Å²) in [6.07, 6.45) is -7.29. The molecule has 0 aromatic heterocycles. The molecule has 0 aliphatic carbocycles. The van der Waals surface area contributed by atoms with Gasteiger partial charge in [-0.3, -0.25) is 0 Å². The lowest BCUT2D eigenvalue weighted by molar-refractivity contribution is -0.210. The highest BCUT2D eigenvalue weighted by atomic mass is 79.9. The van der Waals surface area contributed by atoms with Gasteiger partial charge < -0.3 is 10.8 Å². The van der Waals surface area contributed by atoms with Gasteiger partial charge in [-0.05, 0) is 49.6 Å². The van der Waals surface area contributed by atoms with Crippen molar-refractivity contribution in [1.82, 2.24) is 0 Å². The first-order valence-corrected chi connectivity index (χ1v) is 5.77. The number of hydrogen-bond acceptors (Lipinski definition) is 2. The lowest BCUT2D eigenvalue weighted by atomic mass is 10.0. The van der Waals surface area contributed by atoms with Gasteiger partial charge in [0.1, 0.15) is 0 Å². The van der Waals surface area contributed by atoms with E-state index >= 15 is 0 Å². The smallest absolute Gasteiger partial charge is 0.382 e. The first-order chi connectivity index (χ1) is 7.23. The molecule has 3 N–H and O–H groups in total. The molecular weight excluding hydrogens is 355 g/mol. The summed E-state index contributed by atoms with van der Waals surface area (Å²) in [6, 6.07) is 2.92. The maximum Gasteiger partial charge on any atom is 0.416 e. The summed E-state index contributed by atoms with van der Waals surface area (Å²) in [4.78, 5) is 0. The fraction of sp³-hybridized carbons (Fsp3) is 0.333. The Balaban J connectivity index is 2.97. The number of hydrogen-bond donors (Lipinski definition) is 2. The van der Waals surface area contributed by atoms with Gasteiger partial charge in [-0.1, -0.05) is 6.07 Å². The Morgan fingerprint density at radius 2 is 1.75 bits per heavy atom. The molecule has 1 aromatic carbocycles. The van der Waals surface area contributed by atoms with Crippen LogP contribution in [0.4, 0.5) is 13.2 Å². The van der Waals surface area contributed by atoms with E-state index < -0.39 is 18.3 Å². The SMILES string of the molecule is N[C@@H](c1ccc(Br)c(Br)c1)[C@H](O)C(F)(F)F. The fourth-order valence-electron chi connectivity index (χ4n) is 1.11. The van der Waals surface area contributed by atoms with Crippen molar-refractivity contribution in [2.75, 3.05) is 0 Å². The van der Waals surface area contributed by atoms with Crippen LogP contribution in [0.5, 0.6) is 0 Å². The number of aliphatic hydroxyl groups is 1. The molecule has 2 atom stereocenters. The largest absolute Gasteiger partial charge is 0.416 e. The molecule has 0 heterocycles. The average Bonchev–Trinajstić information content (AvgIpc) is 2.18. The lowest BCUT2D eigenvalue weighted by Gasteiger charge is -2.21. The van der Waals surface area contributed by atoms with E-state index in [0.29, 0.717) is 8.95 Å². The minimum absolute atomic E-state index is 0.208. The highest BCUT2D eigenvalue weighted by Gasteiger charge is 2.42. The van der Waals surface area contributed by atoms with Gasteiger partial charge in [0.25, 0.3) is 0 Å². The Labute approximate surface area is 107 Å². The number of alkyl halides is 3. The van der Waals surface area contributed by atoms with Gasteiger partial charge in [0.05, 0.1) is 6.04 Å². The zero-order valence-corrected chi connectivity index (χ0v) is 11.0. The van der Waals surface area contributed by atoms with Crippen LogP contribution >= 0.6 is 31.9 Å². The normalized spacial score (nSPS) is 15.9. The average molecular weight is 363 g/mol. The van der Waals surface area contributed by atoms with Gasteiger partial charge in [0.2, 0.25) is 0 Å². The van der Waals surface area contributed by atoms with Gasteiger partial charge in [-0.25, -0.2) is 0 Å². The Hall–Kier alpha value is -0.110. The summed E-state index contributed by atoms with van der Waals surface area (Å²) < 4.78 is 37.9. The molecule has 2 nitrogen and oxygen atoms in total. The summed E-state index contributed by atoms with van der Waals surface area (Å²) in [6.45, 7) is 0. The third-order valence-corrected chi connectivity index (χ3v) is 3.88. The predicted molar refractivity (Wildman–Crippen MR) is 60.8 cm³/mol. The zero-order valence-electron chi connectivity index (χ0n) is 7.80. The van der Waals surface area contributed by atoms with E-state index in [1.807, 2.05) is 0 Å². The second kappa shape index (κ2) is 5.03. The van der Waals surface area contributed by atoms with Crippen molar-refractivity contribution in [1.29, 1.82) is 0 Å². The molecular formula is C9H8Br2F3NO. The molecule has 90 valence electrons. The first kappa shape index (κ1) is 14.0. The zero-order chi connectivity index (χ0) is 12.5. The summed E-state index contributed by atoms with van der Waals surface area (Å²) in [5.74, 6) is 0. The Morgan fingerprint density at radius 3 is 2.19 bits per heavy atom. The molecule has 0 aliphatic rings. The van der Waals surface area contributed by atoms with E-state index in [1.165, 1.54) is 12.1 Å². The van der Waals surface area contributed by atoms with E-state index in [-0.39, 0.29) is 5.56 Å². The van der Waals surface area contributed by atoms with Crippen LogP contribution in [0, 0.1) is 0 Å². The number of aliphatic hydroxyl groups excluding tert-OH is 1. The molecule has 16 heavy (non-hydrogen) atoms. The first-order valence-electron chi connectivity index (χ1n) is 4.19. The van der Waals surface area contributed by atoms with Gasteiger partial charge in [-0.2, -0.15) is 13.2 Å². The van der Waals surface area contributed by atoms with Gasteiger partial charge >= 0.3 is 6.18 Å². The number of benzene rings is 1. The van der Waals surface area contributed by atoms with Crippen LogP contribution in [0.1, 0.15) is 11.6 Å². The molecule has 7 heteroatoms. The van der Waals surface area contributed by atoms with Gasteiger partial charge in [0.15, 0.2) is 6.10 Å². The monoisotopic (exact) mass is 361 g/mol. The van der Waals surface area contributed by atoms with Crippen LogP contribution in [0.25, 0.3) is 0 Å². The summed E-state index contributed by atoms with van der Waals surface area (Å²) in [5.41, 5.74) is 5.55. The van der Waals surface area contributed by atoms with Gasteiger partial charge in [-0.15, -0.1) is 0 Å². The minimum atomic E-state index is -4.72. The van der Waals surface area contributed by atoms with Crippen LogP contribution < -0.4 is 5.73 Å². The van der Waals surface area contributed by atoms with Crippen molar-refractivity contribution < 1.29 is 18.3 Å². The molecule has 0 radical (unpaired) electrons. The molecule has 0 spiro atoms. The number of rotatable bonds is 2. The third-order valence-electron chi connectivity index (χ3n) is 2.00. The van der Waals surface area contributed by atoms with Crippen LogP contribution in [0.15, 0.2) is 27.1 Å². The minimum Gasteiger partial charge on any atom is -0.382 e. The lowest BCUT2D eigenvalue weighted by Crippen LogP contribution is -2.38. The van der Waals surface area contributed by atoms with Crippen molar-refractivity contribution in [2.45, 2.75) is 18.3 Å². The molecule has 0 aliphatic heterocycles. The van der Waals surface area contributed by atoms with Crippen molar-refractivity contribution in [3.05, 3.63) is 32.7 Å². The van der Waals surface area contributed by atoms with Crippen LogP contribution in [-0.2, 0) is 0 Å². The topological polar surface area (TPSA) is 46.2 Å². The quantitative estimate of drug-likeness (QED) is 0.849.